The Hall–Kier alpha value is -1.84. The molecule has 0 aromatic heterocycles. The summed E-state index contributed by atoms with van der Waals surface area (Å²) in [6.45, 7) is 5.63. The number of amides is 1. The molecule has 24 heavy (non-hydrogen) atoms. The van der Waals surface area contributed by atoms with Gasteiger partial charge in [0.15, 0.2) is 0 Å². The van der Waals surface area contributed by atoms with Crippen LogP contribution in [-0.2, 0) is 6.42 Å². The van der Waals surface area contributed by atoms with E-state index in [9.17, 15) is 4.79 Å². The first-order valence-corrected chi connectivity index (χ1v) is 8.84. The topological polar surface area (TPSA) is 23.6 Å². The third kappa shape index (κ3) is 3.97. The molecule has 2 aromatic carbocycles. The van der Waals surface area contributed by atoms with Crippen molar-refractivity contribution in [3.05, 3.63) is 70.7 Å². The summed E-state index contributed by atoms with van der Waals surface area (Å²) in [6, 6.07) is 18.2. The van der Waals surface area contributed by atoms with E-state index in [1.807, 2.05) is 23.1 Å². The van der Waals surface area contributed by atoms with Gasteiger partial charge in [-0.05, 0) is 31.0 Å². The summed E-state index contributed by atoms with van der Waals surface area (Å²) in [5, 5.41) is 0.529. The van der Waals surface area contributed by atoms with Crippen LogP contribution in [-0.4, -0.2) is 47.9 Å². The fraction of sp³-hybridized carbons (Fsp3) is 0.350. The highest BCUT2D eigenvalue weighted by atomic mass is 35.5. The second kappa shape index (κ2) is 7.82. The van der Waals surface area contributed by atoms with Gasteiger partial charge in [-0.25, -0.2) is 0 Å². The van der Waals surface area contributed by atoms with Gasteiger partial charge in [0.2, 0.25) is 0 Å². The van der Waals surface area contributed by atoms with Gasteiger partial charge in [-0.1, -0.05) is 54.1 Å². The molecule has 126 valence electrons. The van der Waals surface area contributed by atoms with Crippen molar-refractivity contribution in [1.29, 1.82) is 0 Å². The predicted octanol–water partition coefficient (Wildman–Crippen LogP) is 3.73. The Labute approximate surface area is 148 Å². The van der Waals surface area contributed by atoms with E-state index >= 15 is 0 Å². The zero-order valence-corrected chi connectivity index (χ0v) is 14.7. The minimum absolute atomic E-state index is 0.0372. The molecule has 1 fully saturated rings. The average molecular weight is 343 g/mol. The van der Waals surface area contributed by atoms with Crippen molar-refractivity contribution in [3.8, 4) is 0 Å². The minimum atomic E-state index is 0.0372. The molecule has 2 aromatic rings. The lowest BCUT2D eigenvalue weighted by atomic mass is 10.1. The quantitative estimate of drug-likeness (QED) is 0.845. The van der Waals surface area contributed by atoms with Crippen LogP contribution in [0.2, 0.25) is 5.02 Å². The summed E-state index contributed by atoms with van der Waals surface area (Å²) in [5.74, 6) is 0.0372. The van der Waals surface area contributed by atoms with Crippen molar-refractivity contribution >= 4 is 17.5 Å². The van der Waals surface area contributed by atoms with Gasteiger partial charge >= 0.3 is 0 Å². The van der Waals surface area contributed by atoms with Crippen molar-refractivity contribution in [3.63, 3.8) is 0 Å². The maximum atomic E-state index is 12.7. The van der Waals surface area contributed by atoms with Crippen molar-refractivity contribution in [2.24, 2.45) is 0 Å². The Balaban J connectivity index is 1.57. The lowest BCUT2D eigenvalue weighted by molar-refractivity contribution is 0.0518. The van der Waals surface area contributed by atoms with E-state index in [0.717, 1.165) is 32.6 Å². The number of hydrogen-bond acceptors (Lipinski definition) is 2. The van der Waals surface area contributed by atoms with Crippen molar-refractivity contribution in [2.75, 3.05) is 26.2 Å². The fourth-order valence-corrected chi connectivity index (χ4v) is 3.45. The molecule has 0 saturated carbocycles. The number of hydrogen-bond donors (Lipinski definition) is 0. The second-order valence-corrected chi connectivity index (χ2v) is 6.76. The molecule has 0 aliphatic carbocycles. The molecule has 3 rings (SSSR count). The van der Waals surface area contributed by atoms with Gasteiger partial charge in [-0.3, -0.25) is 9.69 Å². The van der Waals surface area contributed by atoms with E-state index < -0.39 is 0 Å². The number of rotatable bonds is 4. The molecule has 0 spiro atoms. The number of carbonyl (C=O) groups excluding carboxylic acids is 1. The lowest BCUT2D eigenvalue weighted by Crippen LogP contribution is -2.54. The van der Waals surface area contributed by atoms with E-state index in [2.05, 4.69) is 36.1 Å². The summed E-state index contributed by atoms with van der Waals surface area (Å²) >= 11 is 6.16. The van der Waals surface area contributed by atoms with E-state index in [-0.39, 0.29) is 5.91 Å². The summed E-state index contributed by atoms with van der Waals surface area (Å²) < 4.78 is 0. The number of nitrogens with zero attached hydrogens (tertiary/aromatic N) is 2. The summed E-state index contributed by atoms with van der Waals surface area (Å²) in [7, 11) is 0. The molecular weight excluding hydrogens is 320 g/mol. The van der Waals surface area contributed by atoms with Crippen molar-refractivity contribution in [2.45, 2.75) is 19.4 Å². The number of piperazine rings is 1. The Morgan fingerprint density at radius 3 is 2.50 bits per heavy atom. The smallest absolute Gasteiger partial charge is 0.255 e. The molecule has 1 aliphatic rings. The zero-order chi connectivity index (χ0) is 16.9. The van der Waals surface area contributed by atoms with Crippen LogP contribution in [0.3, 0.4) is 0 Å². The van der Waals surface area contributed by atoms with Crippen molar-refractivity contribution in [1.82, 2.24) is 9.80 Å². The largest absolute Gasteiger partial charge is 0.336 e. The summed E-state index contributed by atoms with van der Waals surface area (Å²) in [5.41, 5.74) is 1.96. The highest BCUT2D eigenvalue weighted by Gasteiger charge is 2.27. The fourth-order valence-electron chi connectivity index (χ4n) is 3.23. The van der Waals surface area contributed by atoms with Crippen LogP contribution in [0.4, 0.5) is 0 Å². The van der Waals surface area contributed by atoms with Gasteiger partial charge in [0, 0.05) is 32.2 Å². The van der Waals surface area contributed by atoms with Crippen LogP contribution in [0, 0.1) is 0 Å². The van der Waals surface area contributed by atoms with Crippen LogP contribution >= 0.6 is 11.6 Å². The van der Waals surface area contributed by atoms with Crippen LogP contribution in [0.1, 0.15) is 22.8 Å². The molecule has 0 N–H and O–H groups in total. The Kier molecular flexibility index (Phi) is 5.54. The molecule has 1 aliphatic heterocycles. The Morgan fingerprint density at radius 2 is 1.79 bits per heavy atom. The van der Waals surface area contributed by atoms with Crippen LogP contribution in [0.15, 0.2) is 54.6 Å². The SMILES string of the molecule is CC1CN(C(=O)c2ccccc2Cl)CCN1CCc1ccccc1. The molecule has 3 nitrogen and oxygen atoms in total. The monoisotopic (exact) mass is 342 g/mol. The molecule has 0 radical (unpaired) electrons. The van der Waals surface area contributed by atoms with Gasteiger partial charge in [0.05, 0.1) is 10.6 Å². The van der Waals surface area contributed by atoms with E-state index in [4.69, 9.17) is 11.6 Å². The molecule has 4 heteroatoms. The summed E-state index contributed by atoms with van der Waals surface area (Å²) in [4.78, 5) is 17.1. The number of carbonyl (C=O) groups is 1. The highest BCUT2D eigenvalue weighted by molar-refractivity contribution is 6.33. The van der Waals surface area contributed by atoms with Crippen LogP contribution in [0.25, 0.3) is 0 Å². The molecule has 1 unspecified atom stereocenters. The van der Waals surface area contributed by atoms with Gasteiger partial charge < -0.3 is 4.90 Å². The summed E-state index contributed by atoms with van der Waals surface area (Å²) in [6.07, 6.45) is 1.05. The van der Waals surface area contributed by atoms with Gasteiger partial charge in [-0.15, -0.1) is 0 Å². The maximum Gasteiger partial charge on any atom is 0.255 e. The zero-order valence-electron chi connectivity index (χ0n) is 14.0. The first-order valence-electron chi connectivity index (χ1n) is 8.47. The van der Waals surface area contributed by atoms with Gasteiger partial charge in [0.25, 0.3) is 5.91 Å². The molecule has 1 heterocycles. The molecule has 1 atom stereocenters. The first-order chi connectivity index (χ1) is 11.6. The first kappa shape index (κ1) is 17.0. The molecular formula is C20H23ClN2O. The van der Waals surface area contributed by atoms with E-state index in [0.29, 0.717) is 16.6 Å². The lowest BCUT2D eigenvalue weighted by Gasteiger charge is -2.40. The van der Waals surface area contributed by atoms with Crippen LogP contribution in [0.5, 0.6) is 0 Å². The highest BCUT2D eigenvalue weighted by Crippen LogP contribution is 2.19. The van der Waals surface area contributed by atoms with E-state index in [1.54, 1.807) is 12.1 Å². The molecule has 1 saturated heterocycles. The second-order valence-electron chi connectivity index (χ2n) is 6.35. The number of halogens is 1. The Morgan fingerprint density at radius 1 is 1.08 bits per heavy atom. The average Bonchev–Trinajstić information content (AvgIpc) is 2.61. The molecule has 0 bridgehead atoms. The van der Waals surface area contributed by atoms with Gasteiger partial charge in [0.1, 0.15) is 0 Å². The number of benzene rings is 2. The maximum absolute atomic E-state index is 12.7. The van der Waals surface area contributed by atoms with E-state index in [1.165, 1.54) is 5.56 Å². The third-order valence-electron chi connectivity index (χ3n) is 4.69. The minimum Gasteiger partial charge on any atom is -0.336 e. The van der Waals surface area contributed by atoms with Crippen molar-refractivity contribution < 1.29 is 4.79 Å². The van der Waals surface area contributed by atoms with Gasteiger partial charge in [-0.2, -0.15) is 0 Å². The predicted molar refractivity (Wildman–Crippen MR) is 98.5 cm³/mol. The normalized spacial score (nSPS) is 18.6. The Bertz CT molecular complexity index is 689. The van der Waals surface area contributed by atoms with Crippen LogP contribution < -0.4 is 0 Å². The third-order valence-corrected chi connectivity index (χ3v) is 5.02. The molecule has 1 amide bonds. The standard InChI is InChI=1S/C20H23ClN2O/c1-16-15-23(20(24)18-9-5-6-10-19(18)21)14-13-22(16)12-11-17-7-3-2-4-8-17/h2-10,16H,11-15H2,1H3.